The third-order valence-corrected chi connectivity index (χ3v) is 6.81. The molecule has 172 valence electrons. The number of aromatic amines is 1. The number of H-pyrrole nitrogens is 1. The molecule has 2 aromatic carbocycles. The first-order valence-electron chi connectivity index (χ1n) is 11.6. The maximum absolute atomic E-state index is 11.4. The van der Waals surface area contributed by atoms with Crippen molar-refractivity contribution < 1.29 is 9.90 Å². The first kappa shape index (κ1) is 21.0. The number of benzene rings is 2. The Morgan fingerprint density at radius 3 is 2.34 bits per heavy atom. The van der Waals surface area contributed by atoms with Crippen LogP contribution in [0.1, 0.15) is 24.8 Å². The Morgan fingerprint density at radius 2 is 1.69 bits per heavy atom. The van der Waals surface area contributed by atoms with Gasteiger partial charge in [-0.05, 0) is 48.6 Å². The molecule has 1 aliphatic rings. The average molecular weight is 462 g/mol. The van der Waals surface area contributed by atoms with Gasteiger partial charge in [0.1, 0.15) is 0 Å². The zero-order valence-electron chi connectivity index (χ0n) is 18.9. The van der Waals surface area contributed by atoms with Gasteiger partial charge in [-0.15, -0.1) is 0 Å². The molecule has 1 fully saturated rings. The van der Waals surface area contributed by atoms with Crippen LogP contribution in [0.25, 0.3) is 44.7 Å². The lowest BCUT2D eigenvalue weighted by Crippen LogP contribution is -2.50. The van der Waals surface area contributed by atoms with Crippen LogP contribution in [-0.2, 0) is 5.54 Å². The summed E-state index contributed by atoms with van der Waals surface area (Å²) in [6, 6.07) is 24.3. The van der Waals surface area contributed by atoms with Gasteiger partial charge in [0.2, 0.25) is 0 Å². The molecule has 0 saturated heterocycles. The number of hydrogen-bond acceptors (Lipinski definition) is 4. The number of carboxylic acid groups (broad SMARTS) is 1. The van der Waals surface area contributed by atoms with Crippen LogP contribution in [0, 0.1) is 0 Å². The molecule has 3 aromatic heterocycles. The Bertz CT molecular complexity index is 1510. The van der Waals surface area contributed by atoms with Gasteiger partial charge in [-0.2, -0.15) is 5.10 Å². The predicted molar refractivity (Wildman–Crippen MR) is 135 cm³/mol. The highest BCUT2D eigenvalue weighted by Gasteiger charge is 2.40. The number of hydrogen-bond donors (Lipinski definition) is 3. The van der Waals surface area contributed by atoms with Crippen LogP contribution in [0.5, 0.6) is 0 Å². The molecular formula is C28H23N5O2. The number of pyridine rings is 2. The fourth-order valence-corrected chi connectivity index (χ4v) is 4.83. The molecule has 1 saturated carbocycles. The van der Waals surface area contributed by atoms with Crippen LogP contribution >= 0.6 is 0 Å². The van der Waals surface area contributed by atoms with E-state index in [1.807, 2.05) is 60.8 Å². The van der Waals surface area contributed by atoms with E-state index in [1.54, 1.807) is 6.20 Å². The van der Waals surface area contributed by atoms with Crippen molar-refractivity contribution in [2.45, 2.75) is 24.8 Å². The van der Waals surface area contributed by atoms with E-state index < -0.39 is 11.6 Å². The van der Waals surface area contributed by atoms with Gasteiger partial charge in [0, 0.05) is 22.9 Å². The quantitative estimate of drug-likeness (QED) is 0.298. The summed E-state index contributed by atoms with van der Waals surface area (Å²) in [5, 5.41) is 18.9. The minimum atomic E-state index is -0.987. The smallest absolute Gasteiger partial charge is 0.405 e. The van der Waals surface area contributed by atoms with Crippen LogP contribution < -0.4 is 5.32 Å². The lowest BCUT2D eigenvalue weighted by Gasteiger charge is -2.42. The lowest BCUT2D eigenvalue weighted by atomic mass is 9.71. The largest absolute Gasteiger partial charge is 0.465 e. The van der Waals surface area contributed by atoms with Crippen LogP contribution in [-0.4, -0.2) is 31.4 Å². The molecule has 7 heteroatoms. The van der Waals surface area contributed by atoms with Gasteiger partial charge < -0.3 is 10.4 Å². The maximum Gasteiger partial charge on any atom is 0.405 e. The molecule has 0 unspecified atom stereocenters. The van der Waals surface area contributed by atoms with E-state index >= 15 is 0 Å². The summed E-state index contributed by atoms with van der Waals surface area (Å²) in [4.78, 5) is 21.2. The number of nitrogens with zero attached hydrogens (tertiary/aromatic N) is 3. The number of aromatic nitrogens is 4. The topological polar surface area (TPSA) is 104 Å². The van der Waals surface area contributed by atoms with Crippen LogP contribution in [0.4, 0.5) is 4.79 Å². The van der Waals surface area contributed by atoms with Gasteiger partial charge in [0.25, 0.3) is 0 Å². The second-order valence-corrected chi connectivity index (χ2v) is 8.92. The predicted octanol–water partition coefficient (Wildman–Crippen LogP) is 6.00. The molecule has 7 nitrogen and oxygen atoms in total. The van der Waals surface area contributed by atoms with Crippen molar-refractivity contribution in [3.05, 3.63) is 90.8 Å². The highest BCUT2D eigenvalue weighted by molar-refractivity contribution is 5.90. The average Bonchev–Trinajstić information content (AvgIpc) is 3.41. The van der Waals surface area contributed by atoms with Crippen LogP contribution in [0.15, 0.2) is 85.2 Å². The molecule has 0 bridgehead atoms. The fourth-order valence-electron chi connectivity index (χ4n) is 4.83. The minimum absolute atomic E-state index is 0.489. The molecule has 1 amide bonds. The second kappa shape index (κ2) is 8.36. The van der Waals surface area contributed by atoms with Gasteiger partial charge in [0.05, 0.1) is 34.2 Å². The zero-order chi connectivity index (χ0) is 23.8. The molecule has 35 heavy (non-hydrogen) atoms. The van der Waals surface area contributed by atoms with Crippen LogP contribution in [0.3, 0.4) is 0 Å². The number of nitrogens with one attached hydrogen (secondary N) is 2. The van der Waals surface area contributed by atoms with Crippen molar-refractivity contribution in [3.63, 3.8) is 0 Å². The van der Waals surface area contributed by atoms with E-state index in [-0.39, 0.29) is 0 Å². The van der Waals surface area contributed by atoms with E-state index in [9.17, 15) is 9.90 Å². The molecular weight excluding hydrogens is 438 g/mol. The van der Waals surface area contributed by atoms with Gasteiger partial charge in [-0.3, -0.25) is 5.10 Å². The van der Waals surface area contributed by atoms with Crippen molar-refractivity contribution in [2.24, 2.45) is 0 Å². The van der Waals surface area contributed by atoms with Crippen molar-refractivity contribution in [2.75, 3.05) is 0 Å². The Labute approximate surface area is 201 Å². The first-order valence-corrected chi connectivity index (χ1v) is 11.6. The fraction of sp³-hybridized carbons (Fsp3) is 0.143. The Balaban J connectivity index is 1.46. The Kier molecular flexibility index (Phi) is 5.03. The molecule has 5 aromatic rings. The molecule has 0 atom stereocenters. The number of fused-ring (bicyclic) bond motifs is 1. The van der Waals surface area contributed by atoms with E-state index in [2.05, 4.69) is 33.7 Å². The summed E-state index contributed by atoms with van der Waals surface area (Å²) >= 11 is 0. The van der Waals surface area contributed by atoms with Gasteiger partial charge in [-0.1, -0.05) is 54.6 Å². The van der Waals surface area contributed by atoms with E-state index in [1.165, 1.54) is 0 Å². The maximum atomic E-state index is 11.4. The number of carbonyl (C=O) groups is 1. The van der Waals surface area contributed by atoms with Crippen LogP contribution in [0.2, 0.25) is 0 Å². The van der Waals surface area contributed by atoms with Crippen molar-refractivity contribution in [3.8, 4) is 33.6 Å². The third-order valence-electron chi connectivity index (χ3n) is 6.81. The van der Waals surface area contributed by atoms with Gasteiger partial charge in [0.15, 0.2) is 0 Å². The standard InChI is InChI=1S/C28H23N5O2/c34-27(35)33-28(13-4-14-28)21-9-7-19(8-10-21)26-22(18-5-2-1-3-6-18)15-25-24(32-26)12-11-23(31-25)20-16-29-30-17-20/h1-3,5-12,15-17,33H,4,13-14H2,(H,29,30)(H,34,35). The molecule has 3 N–H and O–H groups in total. The minimum Gasteiger partial charge on any atom is -0.465 e. The van der Waals surface area contributed by atoms with E-state index in [0.717, 1.165) is 69.5 Å². The van der Waals surface area contributed by atoms with Crippen molar-refractivity contribution >= 4 is 17.1 Å². The van der Waals surface area contributed by atoms with E-state index in [0.29, 0.717) is 0 Å². The molecule has 3 heterocycles. The zero-order valence-corrected chi connectivity index (χ0v) is 18.9. The summed E-state index contributed by atoms with van der Waals surface area (Å²) in [6.45, 7) is 0. The summed E-state index contributed by atoms with van der Waals surface area (Å²) in [5.74, 6) is 0. The van der Waals surface area contributed by atoms with Gasteiger partial charge in [-0.25, -0.2) is 14.8 Å². The number of rotatable bonds is 5. The summed E-state index contributed by atoms with van der Waals surface area (Å²) < 4.78 is 0. The second-order valence-electron chi connectivity index (χ2n) is 8.92. The lowest BCUT2D eigenvalue weighted by molar-refractivity contribution is 0.144. The van der Waals surface area contributed by atoms with Crippen molar-refractivity contribution in [1.29, 1.82) is 0 Å². The SMILES string of the molecule is O=C(O)NC1(c2ccc(-c3nc4ccc(-c5cn[nH]c5)nc4cc3-c3ccccc3)cc2)CCC1. The number of amides is 1. The van der Waals surface area contributed by atoms with Gasteiger partial charge >= 0.3 is 6.09 Å². The monoisotopic (exact) mass is 461 g/mol. The summed E-state index contributed by atoms with van der Waals surface area (Å²) in [5.41, 5.74) is 7.75. The normalized spacial score (nSPS) is 14.4. The highest BCUT2D eigenvalue weighted by Crippen LogP contribution is 2.42. The first-order chi connectivity index (χ1) is 17.1. The molecule has 0 aliphatic heterocycles. The van der Waals surface area contributed by atoms with Crippen molar-refractivity contribution in [1.82, 2.24) is 25.5 Å². The van der Waals surface area contributed by atoms with E-state index in [4.69, 9.17) is 9.97 Å². The molecule has 0 radical (unpaired) electrons. The summed E-state index contributed by atoms with van der Waals surface area (Å²) in [6.07, 6.45) is 5.23. The molecule has 0 spiro atoms. The molecule has 6 rings (SSSR count). The summed E-state index contributed by atoms with van der Waals surface area (Å²) in [7, 11) is 0. The molecule has 1 aliphatic carbocycles. The Hall–Kier alpha value is -4.52. The third kappa shape index (κ3) is 3.81. The highest BCUT2D eigenvalue weighted by atomic mass is 16.4. The Morgan fingerprint density at radius 1 is 0.886 bits per heavy atom.